The maximum absolute atomic E-state index is 12.6. The Morgan fingerprint density at radius 2 is 1.87 bits per heavy atom. The maximum Gasteiger partial charge on any atom is 0.243 e. The van der Waals surface area contributed by atoms with Crippen LogP contribution in [0, 0.1) is 5.92 Å². The van der Waals surface area contributed by atoms with Gasteiger partial charge in [0.25, 0.3) is 0 Å². The summed E-state index contributed by atoms with van der Waals surface area (Å²) in [7, 11) is -3.51. The first-order valence-electron chi connectivity index (χ1n) is 7.98. The Labute approximate surface area is 143 Å². The minimum atomic E-state index is -3.51. The van der Waals surface area contributed by atoms with Crippen LogP contribution in [-0.2, 0) is 14.8 Å². The molecular weight excluding hydrogens is 336 g/mol. The van der Waals surface area contributed by atoms with Crippen molar-refractivity contribution in [1.29, 1.82) is 0 Å². The second-order valence-electron chi connectivity index (χ2n) is 5.78. The highest BCUT2D eigenvalue weighted by atomic mass is 35.5. The molecule has 1 aliphatic rings. The molecule has 1 heterocycles. The van der Waals surface area contributed by atoms with E-state index in [1.54, 1.807) is 12.1 Å². The Hall–Kier alpha value is -1.11. The smallest absolute Gasteiger partial charge is 0.243 e. The van der Waals surface area contributed by atoms with Gasteiger partial charge in [0.2, 0.25) is 15.9 Å². The quantitative estimate of drug-likeness (QED) is 0.795. The molecule has 0 unspecified atom stereocenters. The Kier molecular flexibility index (Phi) is 6.44. The predicted octanol–water partition coefficient (Wildman–Crippen LogP) is 2.66. The van der Waals surface area contributed by atoms with Gasteiger partial charge in [-0.2, -0.15) is 4.31 Å². The van der Waals surface area contributed by atoms with Crippen molar-refractivity contribution in [2.24, 2.45) is 5.92 Å². The van der Waals surface area contributed by atoms with Crippen molar-refractivity contribution in [3.8, 4) is 0 Å². The van der Waals surface area contributed by atoms with Gasteiger partial charge in [-0.05, 0) is 43.5 Å². The summed E-state index contributed by atoms with van der Waals surface area (Å²) in [5, 5.41) is 3.43. The zero-order chi connectivity index (χ0) is 16.9. The Balaban J connectivity index is 1.93. The molecule has 0 atom stereocenters. The molecule has 0 aliphatic carbocycles. The topological polar surface area (TPSA) is 66.5 Å². The summed E-state index contributed by atoms with van der Waals surface area (Å²) in [5.74, 6) is -0.0504. The zero-order valence-electron chi connectivity index (χ0n) is 13.3. The van der Waals surface area contributed by atoms with Crippen molar-refractivity contribution < 1.29 is 13.2 Å². The summed E-state index contributed by atoms with van der Waals surface area (Å²) >= 11 is 5.80. The maximum atomic E-state index is 12.6. The van der Waals surface area contributed by atoms with E-state index in [-0.39, 0.29) is 16.7 Å². The van der Waals surface area contributed by atoms with Crippen molar-refractivity contribution in [1.82, 2.24) is 9.62 Å². The van der Waals surface area contributed by atoms with Crippen molar-refractivity contribution >= 4 is 27.5 Å². The van der Waals surface area contributed by atoms with Crippen LogP contribution in [0.2, 0.25) is 5.02 Å². The average Bonchev–Trinajstić information content (AvgIpc) is 2.55. The number of nitrogens with one attached hydrogen (secondary N) is 1. The fourth-order valence-electron chi connectivity index (χ4n) is 2.65. The lowest BCUT2D eigenvalue weighted by Crippen LogP contribution is -2.43. The molecule has 128 valence electrons. The molecule has 0 radical (unpaired) electrons. The largest absolute Gasteiger partial charge is 0.356 e. The van der Waals surface area contributed by atoms with Gasteiger partial charge in [-0.3, -0.25) is 4.79 Å². The van der Waals surface area contributed by atoms with Crippen LogP contribution in [0.1, 0.15) is 32.6 Å². The zero-order valence-corrected chi connectivity index (χ0v) is 14.9. The highest BCUT2D eigenvalue weighted by Gasteiger charge is 2.31. The molecule has 7 heteroatoms. The summed E-state index contributed by atoms with van der Waals surface area (Å²) in [5.41, 5.74) is 0. The van der Waals surface area contributed by atoms with Gasteiger partial charge in [-0.1, -0.05) is 24.9 Å². The van der Waals surface area contributed by atoms with Gasteiger partial charge in [-0.25, -0.2) is 8.42 Å². The summed E-state index contributed by atoms with van der Waals surface area (Å²) in [6.45, 7) is 3.51. The lowest BCUT2D eigenvalue weighted by atomic mass is 9.97. The summed E-state index contributed by atoms with van der Waals surface area (Å²) in [6, 6.07) is 6.17. The number of carbonyl (C=O) groups is 1. The third kappa shape index (κ3) is 4.68. The molecule has 1 aromatic rings. The van der Waals surface area contributed by atoms with Crippen molar-refractivity contribution in [2.45, 2.75) is 37.5 Å². The van der Waals surface area contributed by atoms with Gasteiger partial charge in [0.1, 0.15) is 0 Å². The number of nitrogens with zero attached hydrogens (tertiary/aromatic N) is 1. The van der Waals surface area contributed by atoms with E-state index >= 15 is 0 Å². The Bertz CT molecular complexity index is 623. The number of piperidine rings is 1. The van der Waals surface area contributed by atoms with Crippen LogP contribution >= 0.6 is 11.6 Å². The molecule has 1 aliphatic heterocycles. The van der Waals surface area contributed by atoms with Crippen LogP contribution in [0.5, 0.6) is 0 Å². The number of halogens is 1. The van der Waals surface area contributed by atoms with Crippen molar-refractivity contribution in [3.63, 3.8) is 0 Å². The first-order valence-corrected chi connectivity index (χ1v) is 9.80. The number of carbonyl (C=O) groups excluding carboxylic acids is 1. The van der Waals surface area contributed by atoms with Crippen LogP contribution < -0.4 is 5.32 Å². The van der Waals surface area contributed by atoms with Crippen molar-refractivity contribution in [3.05, 3.63) is 29.3 Å². The molecule has 5 nitrogen and oxygen atoms in total. The van der Waals surface area contributed by atoms with E-state index in [2.05, 4.69) is 12.2 Å². The number of hydrogen-bond donors (Lipinski definition) is 1. The molecular formula is C16H23ClN2O3S. The molecule has 1 aromatic carbocycles. The lowest BCUT2D eigenvalue weighted by molar-refractivity contribution is -0.126. The van der Waals surface area contributed by atoms with Crippen LogP contribution in [0.4, 0.5) is 0 Å². The fraction of sp³-hybridized carbons (Fsp3) is 0.562. The van der Waals surface area contributed by atoms with Crippen LogP contribution in [0.15, 0.2) is 29.2 Å². The molecule has 0 bridgehead atoms. The number of hydrogen-bond acceptors (Lipinski definition) is 3. The van der Waals surface area contributed by atoms with Gasteiger partial charge >= 0.3 is 0 Å². The van der Waals surface area contributed by atoms with Crippen LogP contribution in [0.3, 0.4) is 0 Å². The number of benzene rings is 1. The van der Waals surface area contributed by atoms with E-state index in [1.807, 2.05) is 0 Å². The van der Waals surface area contributed by atoms with E-state index < -0.39 is 10.0 Å². The van der Waals surface area contributed by atoms with E-state index in [9.17, 15) is 13.2 Å². The molecule has 2 rings (SSSR count). The molecule has 1 fully saturated rings. The first kappa shape index (κ1) is 18.2. The third-order valence-electron chi connectivity index (χ3n) is 4.11. The molecule has 1 N–H and O–H groups in total. The van der Waals surface area contributed by atoms with Gasteiger partial charge in [0.05, 0.1) is 4.90 Å². The Morgan fingerprint density at radius 3 is 2.43 bits per heavy atom. The number of amides is 1. The molecule has 0 saturated carbocycles. The van der Waals surface area contributed by atoms with Gasteiger partial charge in [0.15, 0.2) is 0 Å². The van der Waals surface area contributed by atoms with Gasteiger partial charge < -0.3 is 5.32 Å². The number of rotatable bonds is 6. The summed E-state index contributed by atoms with van der Waals surface area (Å²) in [4.78, 5) is 12.3. The normalized spacial score (nSPS) is 17.1. The molecule has 1 amide bonds. The second kappa shape index (κ2) is 8.13. The first-order chi connectivity index (χ1) is 10.9. The SMILES string of the molecule is CCCCNC(=O)C1CCN(S(=O)(=O)c2ccc(Cl)cc2)CC1. The lowest BCUT2D eigenvalue weighted by Gasteiger charge is -2.30. The van der Waals surface area contributed by atoms with Crippen molar-refractivity contribution in [2.75, 3.05) is 19.6 Å². The number of unbranched alkanes of at least 4 members (excludes halogenated alkanes) is 1. The van der Waals surface area contributed by atoms with Crippen LogP contribution in [0.25, 0.3) is 0 Å². The monoisotopic (exact) mass is 358 g/mol. The summed E-state index contributed by atoms with van der Waals surface area (Å²) < 4.78 is 26.6. The predicted molar refractivity (Wildman–Crippen MR) is 90.9 cm³/mol. The standard InChI is InChI=1S/C16H23ClN2O3S/c1-2-3-10-18-16(20)13-8-11-19(12-9-13)23(21,22)15-6-4-14(17)5-7-15/h4-7,13H,2-3,8-12H2,1H3,(H,18,20). The van der Waals surface area contributed by atoms with E-state index in [4.69, 9.17) is 11.6 Å². The molecule has 0 aromatic heterocycles. The molecule has 0 spiro atoms. The fourth-order valence-corrected chi connectivity index (χ4v) is 4.24. The van der Waals surface area contributed by atoms with E-state index in [0.717, 1.165) is 12.8 Å². The number of sulfonamides is 1. The molecule has 1 saturated heterocycles. The highest BCUT2D eigenvalue weighted by Crippen LogP contribution is 2.24. The van der Waals surface area contributed by atoms with E-state index in [1.165, 1.54) is 16.4 Å². The minimum Gasteiger partial charge on any atom is -0.356 e. The van der Waals surface area contributed by atoms with E-state index in [0.29, 0.717) is 37.5 Å². The highest BCUT2D eigenvalue weighted by molar-refractivity contribution is 7.89. The third-order valence-corrected chi connectivity index (χ3v) is 6.27. The Morgan fingerprint density at radius 1 is 1.26 bits per heavy atom. The molecule has 23 heavy (non-hydrogen) atoms. The summed E-state index contributed by atoms with van der Waals surface area (Å²) in [6.07, 6.45) is 3.13. The average molecular weight is 359 g/mol. The van der Waals surface area contributed by atoms with Gasteiger partial charge in [0, 0.05) is 30.6 Å². The second-order valence-corrected chi connectivity index (χ2v) is 8.15. The van der Waals surface area contributed by atoms with Gasteiger partial charge in [-0.15, -0.1) is 0 Å². The minimum absolute atomic E-state index is 0.0435. The van der Waals surface area contributed by atoms with Crippen LogP contribution in [-0.4, -0.2) is 38.3 Å².